The summed E-state index contributed by atoms with van der Waals surface area (Å²) in [7, 11) is 0. The number of hydrogen-bond acceptors (Lipinski definition) is 2. The summed E-state index contributed by atoms with van der Waals surface area (Å²) in [6.45, 7) is 2.05. The van der Waals surface area contributed by atoms with Crippen LogP contribution in [-0.2, 0) is 4.79 Å². The Labute approximate surface area is 104 Å². The zero-order chi connectivity index (χ0) is 12.0. The van der Waals surface area contributed by atoms with E-state index in [-0.39, 0.29) is 11.8 Å². The minimum absolute atomic E-state index is 0.118. The number of hydrogen-bond donors (Lipinski definition) is 0. The van der Waals surface area contributed by atoms with Crippen molar-refractivity contribution in [3.8, 4) is 0 Å². The number of Topliss-reactive ketones (excluding diaryl/α,β-unsaturated/α-hetero) is 1. The second-order valence-corrected chi connectivity index (χ2v) is 4.87. The molecule has 0 radical (unpaired) electrons. The molecule has 0 saturated heterocycles. The molecule has 17 heavy (non-hydrogen) atoms. The third-order valence-corrected chi connectivity index (χ3v) is 3.91. The van der Waals surface area contributed by atoms with E-state index in [0.29, 0.717) is 17.4 Å². The molecule has 2 atom stereocenters. The van der Waals surface area contributed by atoms with Gasteiger partial charge in [-0.2, -0.15) is 0 Å². The summed E-state index contributed by atoms with van der Waals surface area (Å²) in [6, 6.07) is 5.82. The zero-order valence-corrected chi connectivity index (χ0v) is 10.3. The van der Waals surface area contributed by atoms with E-state index >= 15 is 0 Å². The van der Waals surface area contributed by atoms with Gasteiger partial charge in [0.2, 0.25) is 0 Å². The van der Waals surface area contributed by atoms with E-state index in [1.54, 1.807) is 0 Å². The summed E-state index contributed by atoms with van der Waals surface area (Å²) >= 11 is 6.20. The fourth-order valence-corrected chi connectivity index (χ4v) is 3.01. The van der Waals surface area contributed by atoms with E-state index in [2.05, 4.69) is 4.98 Å². The first-order chi connectivity index (χ1) is 8.22. The largest absolute Gasteiger partial charge is 0.302 e. The first kappa shape index (κ1) is 10.8. The van der Waals surface area contributed by atoms with Crippen LogP contribution in [0.3, 0.4) is 0 Å². The highest BCUT2D eigenvalue weighted by Crippen LogP contribution is 2.43. The van der Waals surface area contributed by atoms with Crippen LogP contribution in [0.15, 0.2) is 24.4 Å². The minimum Gasteiger partial charge on any atom is -0.302 e. The van der Waals surface area contributed by atoms with Gasteiger partial charge in [0.1, 0.15) is 11.4 Å². The van der Waals surface area contributed by atoms with Crippen molar-refractivity contribution in [3.63, 3.8) is 0 Å². The number of halogens is 1. The number of nitrogens with zero attached hydrogens (tertiary/aromatic N) is 2. The Kier molecular flexibility index (Phi) is 2.44. The minimum atomic E-state index is 0.118. The third kappa shape index (κ3) is 1.49. The maximum Gasteiger partial charge on any atom is 0.151 e. The summed E-state index contributed by atoms with van der Waals surface area (Å²) in [5.74, 6) is 0.699. The molecule has 0 bridgehead atoms. The quantitative estimate of drug-likeness (QED) is 0.819. The number of fused-ring (bicyclic) bond motifs is 1. The molecule has 2 aromatic heterocycles. The second kappa shape index (κ2) is 3.84. The van der Waals surface area contributed by atoms with Crippen LogP contribution in [0.5, 0.6) is 0 Å². The standard InChI is InChI=1S/C13H13ClN2O/c1-2-8-9(7-10(8)17)12-13(14)15-11-5-3-4-6-16(11)12/h3-6,8-9H,2,7H2,1H3. The van der Waals surface area contributed by atoms with Crippen LogP contribution < -0.4 is 0 Å². The lowest BCUT2D eigenvalue weighted by Crippen LogP contribution is -2.35. The van der Waals surface area contributed by atoms with Crippen molar-refractivity contribution in [2.24, 2.45) is 5.92 Å². The van der Waals surface area contributed by atoms with E-state index in [9.17, 15) is 4.79 Å². The number of carbonyl (C=O) groups is 1. The fourth-order valence-electron chi connectivity index (χ4n) is 2.69. The van der Waals surface area contributed by atoms with Gasteiger partial charge in [0, 0.05) is 24.5 Å². The van der Waals surface area contributed by atoms with E-state index in [4.69, 9.17) is 11.6 Å². The number of carbonyl (C=O) groups excluding carboxylic acids is 1. The van der Waals surface area contributed by atoms with Crippen LogP contribution in [0.4, 0.5) is 0 Å². The first-order valence-corrected chi connectivity index (χ1v) is 6.25. The highest BCUT2D eigenvalue weighted by molar-refractivity contribution is 6.30. The predicted octanol–water partition coefficient (Wildman–Crippen LogP) is 3.07. The van der Waals surface area contributed by atoms with E-state index in [0.717, 1.165) is 17.8 Å². The van der Waals surface area contributed by atoms with Gasteiger partial charge in [0.15, 0.2) is 5.15 Å². The lowest BCUT2D eigenvalue weighted by atomic mass is 9.69. The Hall–Kier alpha value is -1.35. The van der Waals surface area contributed by atoms with Gasteiger partial charge in [-0.05, 0) is 18.6 Å². The summed E-state index contributed by atoms with van der Waals surface area (Å²) in [4.78, 5) is 15.9. The van der Waals surface area contributed by atoms with Gasteiger partial charge in [0.25, 0.3) is 0 Å². The SMILES string of the molecule is CCC1C(=O)CC1c1c(Cl)nc2ccccn12. The Morgan fingerprint density at radius 2 is 2.35 bits per heavy atom. The lowest BCUT2D eigenvalue weighted by Gasteiger charge is -2.34. The summed E-state index contributed by atoms with van der Waals surface area (Å²) in [5.41, 5.74) is 1.84. The molecule has 1 saturated carbocycles. The Morgan fingerprint density at radius 1 is 1.53 bits per heavy atom. The highest BCUT2D eigenvalue weighted by Gasteiger charge is 2.41. The number of imidazole rings is 1. The molecular weight excluding hydrogens is 236 g/mol. The van der Waals surface area contributed by atoms with Crippen molar-refractivity contribution in [3.05, 3.63) is 35.2 Å². The van der Waals surface area contributed by atoms with Crippen LogP contribution in [0.1, 0.15) is 31.4 Å². The molecule has 1 aliphatic rings. The molecule has 0 spiro atoms. The molecule has 1 aliphatic carbocycles. The van der Waals surface area contributed by atoms with Crippen LogP contribution >= 0.6 is 11.6 Å². The Balaban J connectivity index is 2.11. The van der Waals surface area contributed by atoms with Crippen LogP contribution in [0, 0.1) is 5.92 Å². The number of ketones is 1. The van der Waals surface area contributed by atoms with Crippen molar-refractivity contribution in [2.45, 2.75) is 25.7 Å². The fraction of sp³-hybridized carbons (Fsp3) is 0.385. The van der Waals surface area contributed by atoms with Crippen molar-refractivity contribution in [1.29, 1.82) is 0 Å². The summed E-state index contributed by atoms with van der Waals surface area (Å²) in [6.07, 6.45) is 3.43. The van der Waals surface area contributed by atoms with Gasteiger partial charge in [-0.1, -0.05) is 24.6 Å². The number of rotatable bonds is 2. The Bertz CT molecular complexity index is 590. The van der Waals surface area contributed by atoms with Crippen LogP contribution in [0.2, 0.25) is 5.15 Å². The average molecular weight is 249 g/mol. The van der Waals surface area contributed by atoms with E-state index in [1.165, 1.54) is 0 Å². The van der Waals surface area contributed by atoms with Crippen molar-refractivity contribution >= 4 is 23.0 Å². The van der Waals surface area contributed by atoms with Crippen LogP contribution in [0.25, 0.3) is 5.65 Å². The maximum atomic E-state index is 11.5. The molecule has 0 aromatic carbocycles. The molecule has 3 nitrogen and oxygen atoms in total. The molecule has 1 fully saturated rings. The van der Waals surface area contributed by atoms with Gasteiger partial charge in [-0.3, -0.25) is 4.79 Å². The topological polar surface area (TPSA) is 34.4 Å². The molecule has 0 amide bonds. The molecule has 88 valence electrons. The lowest BCUT2D eigenvalue weighted by molar-refractivity contribution is -0.131. The van der Waals surface area contributed by atoms with Gasteiger partial charge in [-0.15, -0.1) is 0 Å². The first-order valence-electron chi connectivity index (χ1n) is 5.87. The molecule has 2 aromatic rings. The maximum absolute atomic E-state index is 11.5. The van der Waals surface area contributed by atoms with Gasteiger partial charge in [0.05, 0.1) is 5.69 Å². The molecule has 2 unspecified atom stereocenters. The monoisotopic (exact) mass is 248 g/mol. The normalized spacial score (nSPS) is 24.0. The Morgan fingerprint density at radius 3 is 3.06 bits per heavy atom. The van der Waals surface area contributed by atoms with Crippen molar-refractivity contribution in [1.82, 2.24) is 9.38 Å². The highest BCUT2D eigenvalue weighted by atomic mass is 35.5. The number of aromatic nitrogens is 2. The third-order valence-electron chi connectivity index (χ3n) is 3.63. The van der Waals surface area contributed by atoms with Gasteiger partial charge >= 0.3 is 0 Å². The van der Waals surface area contributed by atoms with Gasteiger partial charge in [-0.25, -0.2) is 4.98 Å². The molecule has 3 rings (SSSR count). The molecule has 2 heterocycles. The predicted molar refractivity (Wildman–Crippen MR) is 66.3 cm³/mol. The molecule has 0 aliphatic heterocycles. The van der Waals surface area contributed by atoms with Crippen molar-refractivity contribution in [2.75, 3.05) is 0 Å². The summed E-state index contributed by atoms with van der Waals surface area (Å²) in [5, 5.41) is 0.534. The molecular formula is C13H13ClN2O. The molecule has 0 N–H and O–H groups in total. The molecule has 4 heteroatoms. The summed E-state index contributed by atoms with van der Waals surface area (Å²) < 4.78 is 2.00. The van der Waals surface area contributed by atoms with E-state index in [1.807, 2.05) is 35.7 Å². The van der Waals surface area contributed by atoms with Crippen molar-refractivity contribution < 1.29 is 4.79 Å². The van der Waals surface area contributed by atoms with Crippen LogP contribution in [-0.4, -0.2) is 15.2 Å². The van der Waals surface area contributed by atoms with Gasteiger partial charge < -0.3 is 4.40 Å². The number of pyridine rings is 1. The van der Waals surface area contributed by atoms with E-state index < -0.39 is 0 Å². The second-order valence-electron chi connectivity index (χ2n) is 4.51. The smallest absolute Gasteiger partial charge is 0.151 e. The zero-order valence-electron chi connectivity index (χ0n) is 9.56. The average Bonchev–Trinajstić information content (AvgIpc) is 2.62.